The van der Waals surface area contributed by atoms with Crippen LogP contribution in [0.15, 0.2) is 65.6 Å². The van der Waals surface area contributed by atoms with E-state index in [1.807, 2.05) is 49.4 Å². The lowest BCUT2D eigenvalue weighted by Crippen LogP contribution is -2.46. The van der Waals surface area contributed by atoms with E-state index in [4.69, 9.17) is 0 Å². The molecule has 1 aliphatic heterocycles. The number of nitrogens with one attached hydrogen (secondary N) is 1. The SMILES string of the molecule is CNC(=O)[C@H](C)N(Cc1cccc(C)c1)C(=O)CCCN1c2cccc3cccc(c23)S1(=O)=O. The molecule has 1 aliphatic rings. The number of amides is 2. The van der Waals surface area contributed by atoms with Gasteiger partial charge in [-0.05, 0) is 43.4 Å². The molecule has 3 aromatic carbocycles. The van der Waals surface area contributed by atoms with E-state index >= 15 is 0 Å². The Morgan fingerprint density at radius 1 is 1.06 bits per heavy atom. The number of anilines is 1. The largest absolute Gasteiger partial charge is 0.357 e. The lowest BCUT2D eigenvalue weighted by atomic mass is 10.1. The van der Waals surface area contributed by atoms with Gasteiger partial charge in [0.1, 0.15) is 6.04 Å². The van der Waals surface area contributed by atoms with Gasteiger partial charge in [-0.15, -0.1) is 0 Å². The number of carbonyl (C=O) groups is 2. The molecule has 1 heterocycles. The standard InChI is InChI=1S/C26H29N3O4S/c1-18-8-4-9-20(16-18)17-28(19(2)26(31)27-3)24(30)14-7-15-29-22-12-5-10-21-11-6-13-23(25(21)22)34(29,32)33/h4-6,8-13,16,19H,7,14-15,17H2,1-3H3,(H,27,31)/t19-/m0/s1. The fourth-order valence-electron chi connectivity index (χ4n) is 4.52. The second-order valence-corrected chi connectivity index (χ2v) is 10.4. The molecule has 34 heavy (non-hydrogen) atoms. The van der Waals surface area contributed by atoms with Crippen molar-refractivity contribution < 1.29 is 18.0 Å². The van der Waals surface area contributed by atoms with Gasteiger partial charge in [-0.1, -0.05) is 54.1 Å². The molecule has 3 aromatic rings. The molecule has 0 aromatic heterocycles. The van der Waals surface area contributed by atoms with E-state index in [2.05, 4.69) is 5.32 Å². The summed E-state index contributed by atoms with van der Waals surface area (Å²) in [5, 5.41) is 4.21. The minimum Gasteiger partial charge on any atom is -0.357 e. The summed E-state index contributed by atoms with van der Waals surface area (Å²) in [6, 6.07) is 18.0. The number of likely N-dealkylation sites (N-methyl/N-ethyl adjacent to an activating group) is 1. The van der Waals surface area contributed by atoms with E-state index < -0.39 is 16.1 Å². The zero-order valence-corrected chi connectivity index (χ0v) is 20.4. The van der Waals surface area contributed by atoms with Crippen molar-refractivity contribution >= 4 is 38.3 Å². The van der Waals surface area contributed by atoms with Crippen LogP contribution in [-0.2, 0) is 26.2 Å². The lowest BCUT2D eigenvalue weighted by molar-refractivity contribution is -0.140. The second kappa shape index (κ2) is 9.46. The van der Waals surface area contributed by atoms with Crippen LogP contribution in [0, 0.1) is 6.92 Å². The molecule has 0 radical (unpaired) electrons. The summed E-state index contributed by atoms with van der Waals surface area (Å²) in [7, 11) is -2.11. The third-order valence-corrected chi connectivity index (χ3v) is 8.14. The van der Waals surface area contributed by atoms with Crippen molar-refractivity contribution in [1.29, 1.82) is 0 Å². The summed E-state index contributed by atoms with van der Waals surface area (Å²) >= 11 is 0. The monoisotopic (exact) mass is 479 g/mol. The topological polar surface area (TPSA) is 86.8 Å². The zero-order valence-electron chi connectivity index (χ0n) is 19.6. The molecule has 7 nitrogen and oxygen atoms in total. The van der Waals surface area contributed by atoms with Crippen LogP contribution in [0.3, 0.4) is 0 Å². The Hall–Kier alpha value is -3.39. The van der Waals surface area contributed by atoms with Crippen LogP contribution in [0.2, 0.25) is 0 Å². The number of hydrogen-bond acceptors (Lipinski definition) is 4. The quantitative estimate of drug-likeness (QED) is 0.535. The molecular formula is C26H29N3O4S. The molecule has 1 atom stereocenters. The Kier molecular flexibility index (Phi) is 6.61. The first kappa shape index (κ1) is 23.8. The Balaban J connectivity index is 1.50. The highest BCUT2D eigenvalue weighted by atomic mass is 32.2. The van der Waals surface area contributed by atoms with Gasteiger partial charge >= 0.3 is 0 Å². The molecule has 2 amide bonds. The fourth-order valence-corrected chi connectivity index (χ4v) is 6.26. The normalized spacial score (nSPS) is 14.7. The second-order valence-electron chi connectivity index (χ2n) is 8.61. The number of benzene rings is 3. The van der Waals surface area contributed by atoms with E-state index in [9.17, 15) is 18.0 Å². The summed E-state index contributed by atoms with van der Waals surface area (Å²) < 4.78 is 27.7. The van der Waals surface area contributed by atoms with Gasteiger partial charge in [0.05, 0.1) is 10.6 Å². The fraction of sp³-hybridized carbons (Fsp3) is 0.308. The molecule has 0 aliphatic carbocycles. The summed E-state index contributed by atoms with van der Waals surface area (Å²) in [6.07, 6.45) is 0.471. The van der Waals surface area contributed by atoms with Crippen molar-refractivity contribution in [3.63, 3.8) is 0 Å². The Morgan fingerprint density at radius 2 is 1.76 bits per heavy atom. The van der Waals surface area contributed by atoms with Gasteiger partial charge in [0.25, 0.3) is 10.0 Å². The molecule has 0 saturated heterocycles. The first-order valence-electron chi connectivity index (χ1n) is 11.3. The van der Waals surface area contributed by atoms with Crippen LogP contribution in [0.1, 0.15) is 30.9 Å². The summed E-state index contributed by atoms with van der Waals surface area (Å²) in [4.78, 5) is 27.4. The number of aryl methyl sites for hydroxylation is 1. The van der Waals surface area contributed by atoms with Gasteiger partial charge in [-0.3, -0.25) is 13.9 Å². The van der Waals surface area contributed by atoms with Crippen molar-refractivity contribution in [2.24, 2.45) is 0 Å². The van der Waals surface area contributed by atoms with Gasteiger partial charge in [0.15, 0.2) is 0 Å². The zero-order chi connectivity index (χ0) is 24.5. The van der Waals surface area contributed by atoms with Gasteiger partial charge < -0.3 is 10.2 Å². The van der Waals surface area contributed by atoms with Crippen molar-refractivity contribution in [2.45, 2.75) is 44.2 Å². The van der Waals surface area contributed by atoms with Crippen LogP contribution in [0.5, 0.6) is 0 Å². The molecule has 0 spiro atoms. The van der Waals surface area contributed by atoms with Crippen molar-refractivity contribution in [1.82, 2.24) is 10.2 Å². The smallest absolute Gasteiger partial charge is 0.265 e. The summed E-state index contributed by atoms with van der Waals surface area (Å²) in [5.41, 5.74) is 2.66. The maximum Gasteiger partial charge on any atom is 0.265 e. The minimum absolute atomic E-state index is 0.130. The highest BCUT2D eigenvalue weighted by Gasteiger charge is 2.35. The van der Waals surface area contributed by atoms with E-state index in [0.717, 1.165) is 21.9 Å². The number of nitrogens with zero attached hydrogens (tertiary/aromatic N) is 2. The van der Waals surface area contributed by atoms with Crippen LogP contribution >= 0.6 is 0 Å². The predicted molar refractivity (Wildman–Crippen MR) is 133 cm³/mol. The maximum absolute atomic E-state index is 13.2. The van der Waals surface area contributed by atoms with Gasteiger partial charge in [0.2, 0.25) is 11.8 Å². The Morgan fingerprint density at radius 3 is 2.47 bits per heavy atom. The van der Waals surface area contributed by atoms with Crippen LogP contribution < -0.4 is 9.62 Å². The number of hydrogen-bond donors (Lipinski definition) is 1. The van der Waals surface area contributed by atoms with Gasteiger partial charge in [0, 0.05) is 31.9 Å². The summed E-state index contributed by atoms with van der Waals surface area (Å²) in [6.45, 7) is 4.18. The van der Waals surface area contributed by atoms with E-state index in [1.54, 1.807) is 37.1 Å². The summed E-state index contributed by atoms with van der Waals surface area (Å²) in [5.74, 6) is -0.435. The van der Waals surface area contributed by atoms with Gasteiger partial charge in [-0.2, -0.15) is 0 Å². The number of sulfonamides is 1. The van der Waals surface area contributed by atoms with Crippen molar-refractivity contribution in [3.05, 3.63) is 71.8 Å². The predicted octanol–water partition coefficient (Wildman–Crippen LogP) is 3.60. The highest BCUT2D eigenvalue weighted by Crippen LogP contribution is 2.42. The average molecular weight is 480 g/mol. The number of rotatable bonds is 8. The van der Waals surface area contributed by atoms with Crippen LogP contribution in [-0.4, -0.2) is 44.8 Å². The molecule has 0 bridgehead atoms. The minimum atomic E-state index is -3.66. The van der Waals surface area contributed by atoms with Crippen molar-refractivity contribution in [2.75, 3.05) is 17.9 Å². The third-order valence-electron chi connectivity index (χ3n) is 6.28. The molecule has 178 valence electrons. The highest BCUT2D eigenvalue weighted by molar-refractivity contribution is 7.93. The molecular weight excluding hydrogens is 450 g/mol. The molecule has 4 rings (SSSR count). The van der Waals surface area contributed by atoms with Crippen molar-refractivity contribution in [3.8, 4) is 0 Å². The van der Waals surface area contributed by atoms with E-state index in [1.165, 1.54) is 4.31 Å². The Bertz CT molecular complexity index is 1350. The molecule has 0 saturated carbocycles. The first-order valence-corrected chi connectivity index (χ1v) is 12.8. The Labute approximate surface area is 200 Å². The third kappa shape index (κ3) is 4.37. The molecule has 0 unspecified atom stereocenters. The van der Waals surface area contributed by atoms with E-state index in [0.29, 0.717) is 23.5 Å². The lowest BCUT2D eigenvalue weighted by Gasteiger charge is -2.29. The maximum atomic E-state index is 13.2. The molecule has 8 heteroatoms. The van der Waals surface area contributed by atoms with E-state index in [-0.39, 0.29) is 24.8 Å². The average Bonchev–Trinajstić information content (AvgIpc) is 3.04. The van der Waals surface area contributed by atoms with Gasteiger partial charge in [-0.25, -0.2) is 8.42 Å². The molecule has 1 N–H and O–H groups in total. The van der Waals surface area contributed by atoms with Crippen LogP contribution in [0.25, 0.3) is 10.8 Å². The van der Waals surface area contributed by atoms with Crippen LogP contribution in [0.4, 0.5) is 5.69 Å². The number of carbonyl (C=O) groups excluding carboxylic acids is 2. The molecule has 0 fully saturated rings. The first-order chi connectivity index (χ1) is 16.2.